The molecular formula is C38H53BrO4. The molecule has 0 N–H and O–H groups in total. The molecule has 0 heterocycles. The summed E-state index contributed by atoms with van der Waals surface area (Å²) in [5, 5.41) is 0. The molecule has 43 heavy (non-hydrogen) atoms. The predicted octanol–water partition coefficient (Wildman–Crippen LogP) is 9.81. The van der Waals surface area contributed by atoms with Crippen molar-refractivity contribution in [1.82, 2.24) is 0 Å². The second kappa shape index (κ2) is 10.5. The van der Waals surface area contributed by atoms with E-state index in [1.54, 1.807) is 7.11 Å². The number of benzene rings is 1. The van der Waals surface area contributed by atoms with E-state index >= 15 is 0 Å². The minimum Gasteiger partial charge on any atom is -0.469 e. The first kappa shape index (κ1) is 31.4. The summed E-state index contributed by atoms with van der Waals surface area (Å²) < 4.78 is 12.8. The molecule has 5 aliphatic carbocycles. The van der Waals surface area contributed by atoms with E-state index < -0.39 is 0 Å². The van der Waals surface area contributed by atoms with Gasteiger partial charge < -0.3 is 9.47 Å². The molecule has 4 unspecified atom stereocenters. The highest BCUT2D eigenvalue weighted by atomic mass is 79.9. The zero-order valence-electron chi connectivity index (χ0n) is 27.6. The van der Waals surface area contributed by atoms with Gasteiger partial charge in [0, 0.05) is 9.89 Å². The average Bonchev–Trinajstić information content (AvgIpc) is 3.36. The van der Waals surface area contributed by atoms with Gasteiger partial charge in [-0.15, -0.1) is 0 Å². The maximum atomic E-state index is 13.5. The first-order valence-electron chi connectivity index (χ1n) is 16.9. The Morgan fingerprint density at radius 3 is 2.19 bits per heavy atom. The Bertz CT molecular complexity index is 1300. The van der Waals surface area contributed by atoms with Gasteiger partial charge in [-0.2, -0.15) is 0 Å². The molecule has 5 aliphatic rings. The van der Waals surface area contributed by atoms with Gasteiger partial charge in [0.2, 0.25) is 0 Å². The fraction of sp³-hybridized carbons (Fsp3) is 0.737. The lowest BCUT2D eigenvalue weighted by Gasteiger charge is -2.72. The molecule has 0 bridgehead atoms. The third-order valence-electron chi connectivity index (χ3n) is 14.9. The molecule has 0 spiro atoms. The second-order valence-corrected chi connectivity index (χ2v) is 17.5. The number of methoxy groups -OCH3 is 1. The molecule has 4 nitrogen and oxygen atoms in total. The standard InChI is InChI=1S/C38H53BrO4/c1-23(2)26-15-20-38(33(41)42-8)22-21-36(6)27(31(26)38)13-14-29-35(5)18-17-30(34(3,4)28(35)16-19-37(29,36)7)43-32(40)24-9-11-25(39)12-10-24/h9-12,26-31H,1,13-22H2,2-8H3/t26-,27?,28?,29?,30-,31?,35-,36+,37+,38-/m0/s1. The lowest BCUT2D eigenvalue weighted by atomic mass is 9.32. The molecule has 6 rings (SSSR count). The molecular weight excluding hydrogens is 600 g/mol. The fourth-order valence-corrected chi connectivity index (χ4v) is 12.9. The predicted molar refractivity (Wildman–Crippen MR) is 174 cm³/mol. The molecule has 5 saturated carbocycles. The molecule has 236 valence electrons. The Labute approximate surface area is 268 Å². The number of allylic oxidation sites excluding steroid dienone is 1. The Hall–Kier alpha value is -1.62. The van der Waals surface area contributed by atoms with Gasteiger partial charge in [-0.1, -0.05) is 62.7 Å². The monoisotopic (exact) mass is 652 g/mol. The number of carbonyl (C=O) groups excluding carboxylic acids is 2. The van der Waals surface area contributed by atoms with E-state index in [-0.39, 0.29) is 45.1 Å². The second-order valence-electron chi connectivity index (χ2n) is 16.6. The summed E-state index contributed by atoms with van der Waals surface area (Å²) in [6, 6.07) is 7.51. The van der Waals surface area contributed by atoms with Crippen molar-refractivity contribution in [3.63, 3.8) is 0 Å². The van der Waals surface area contributed by atoms with Crippen LogP contribution >= 0.6 is 15.9 Å². The van der Waals surface area contributed by atoms with Gasteiger partial charge in [-0.3, -0.25) is 4.79 Å². The number of esters is 2. The highest BCUT2D eigenvalue weighted by molar-refractivity contribution is 9.10. The minimum absolute atomic E-state index is 0.0315. The highest BCUT2D eigenvalue weighted by Crippen LogP contribution is 2.77. The Morgan fingerprint density at radius 1 is 0.837 bits per heavy atom. The van der Waals surface area contributed by atoms with E-state index in [1.807, 2.05) is 24.3 Å². The largest absolute Gasteiger partial charge is 0.469 e. The van der Waals surface area contributed by atoms with Crippen LogP contribution in [0.3, 0.4) is 0 Å². The molecule has 0 radical (unpaired) electrons. The molecule has 10 atom stereocenters. The van der Waals surface area contributed by atoms with Gasteiger partial charge in [0.15, 0.2) is 0 Å². The number of halogens is 1. The van der Waals surface area contributed by atoms with Gasteiger partial charge >= 0.3 is 11.9 Å². The van der Waals surface area contributed by atoms with Gasteiger partial charge in [0.1, 0.15) is 6.10 Å². The van der Waals surface area contributed by atoms with Crippen LogP contribution < -0.4 is 0 Å². The summed E-state index contributed by atoms with van der Waals surface area (Å²) in [4.78, 5) is 26.7. The van der Waals surface area contributed by atoms with Gasteiger partial charge in [0.05, 0.1) is 18.1 Å². The lowest BCUT2D eigenvalue weighted by molar-refractivity contribution is -0.248. The number of carbonyl (C=O) groups is 2. The van der Waals surface area contributed by atoms with E-state index in [0.29, 0.717) is 35.2 Å². The van der Waals surface area contributed by atoms with Crippen LogP contribution in [-0.4, -0.2) is 25.2 Å². The first-order chi connectivity index (χ1) is 20.2. The van der Waals surface area contributed by atoms with Crippen molar-refractivity contribution in [2.45, 2.75) is 112 Å². The molecule has 1 aromatic rings. The van der Waals surface area contributed by atoms with Crippen molar-refractivity contribution in [3.8, 4) is 0 Å². The zero-order valence-corrected chi connectivity index (χ0v) is 29.1. The van der Waals surface area contributed by atoms with Crippen molar-refractivity contribution < 1.29 is 19.1 Å². The molecule has 0 aromatic heterocycles. The summed E-state index contributed by atoms with van der Waals surface area (Å²) in [6.45, 7) is 19.2. The average molecular weight is 654 g/mol. The van der Waals surface area contributed by atoms with Crippen LogP contribution in [0.5, 0.6) is 0 Å². The van der Waals surface area contributed by atoms with Crippen LogP contribution in [0.4, 0.5) is 0 Å². The number of fused-ring (bicyclic) bond motifs is 7. The van der Waals surface area contributed by atoms with Crippen LogP contribution in [0, 0.1) is 56.7 Å². The van der Waals surface area contributed by atoms with E-state index in [2.05, 4.69) is 64.1 Å². The number of rotatable bonds is 4. The molecule has 5 fully saturated rings. The van der Waals surface area contributed by atoms with Crippen molar-refractivity contribution in [3.05, 3.63) is 46.5 Å². The molecule has 1 aromatic carbocycles. The van der Waals surface area contributed by atoms with Crippen LogP contribution in [0.15, 0.2) is 40.9 Å². The first-order valence-corrected chi connectivity index (χ1v) is 17.7. The van der Waals surface area contributed by atoms with E-state index in [4.69, 9.17) is 9.47 Å². The summed E-state index contributed by atoms with van der Waals surface area (Å²) in [5.74, 6) is 2.21. The number of hydrogen-bond acceptors (Lipinski definition) is 4. The zero-order chi connectivity index (χ0) is 31.2. The van der Waals surface area contributed by atoms with Crippen LogP contribution in [-0.2, 0) is 14.3 Å². The highest BCUT2D eigenvalue weighted by Gasteiger charge is 2.72. The quantitative estimate of drug-likeness (QED) is 0.240. The van der Waals surface area contributed by atoms with Crippen molar-refractivity contribution in [1.29, 1.82) is 0 Å². The Kier molecular flexibility index (Phi) is 7.63. The van der Waals surface area contributed by atoms with Crippen LogP contribution in [0.1, 0.15) is 116 Å². The summed E-state index contributed by atoms with van der Waals surface area (Å²) >= 11 is 3.47. The molecule has 0 saturated heterocycles. The maximum absolute atomic E-state index is 13.5. The SMILES string of the molecule is C=C(C)[C@@H]1CC[C@]2(C(=O)OC)CC[C@]3(C)C(CCC4[C@@]5(C)CC[C@H](OC(=O)c6ccc(Br)cc6)C(C)(C)C5CC[C@]43C)C12. The lowest BCUT2D eigenvalue weighted by Crippen LogP contribution is -2.67. The smallest absolute Gasteiger partial charge is 0.338 e. The van der Waals surface area contributed by atoms with Crippen LogP contribution in [0.2, 0.25) is 0 Å². The summed E-state index contributed by atoms with van der Waals surface area (Å²) in [6.07, 6.45) is 10.8. The normalized spacial score (nSPS) is 44.7. The van der Waals surface area contributed by atoms with E-state index in [0.717, 1.165) is 43.0 Å². The summed E-state index contributed by atoms with van der Waals surface area (Å²) in [7, 11) is 1.59. The Balaban J connectivity index is 1.29. The number of hydrogen-bond donors (Lipinski definition) is 0. The molecule has 5 heteroatoms. The van der Waals surface area contributed by atoms with Crippen molar-refractivity contribution in [2.24, 2.45) is 56.7 Å². The van der Waals surface area contributed by atoms with E-state index in [1.165, 1.54) is 31.3 Å². The molecule has 0 aliphatic heterocycles. The topological polar surface area (TPSA) is 52.6 Å². The van der Waals surface area contributed by atoms with Gasteiger partial charge in [0.25, 0.3) is 0 Å². The minimum atomic E-state index is -0.342. The van der Waals surface area contributed by atoms with Crippen LogP contribution in [0.25, 0.3) is 0 Å². The third kappa shape index (κ3) is 4.32. The summed E-state index contributed by atoms with van der Waals surface area (Å²) in [5.41, 5.74) is 2.02. The maximum Gasteiger partial charge on any atom is 0.338 e. The third-order valence-corrected chi connectivity index (χ3v) is 15.5. The van der Waals surface area contributed by atoms with Gasteiger partial charge in [-0.25, -0.2) is 4.79 Å². The fourth-order valence-electron chi connectivity index (χ4n) is 12.7. The van der Waals surface area contributed by atoms with Gasteiger partial charge in [-0.05, 0) is 141 Å². The molecule has 0 amide bonds. The van der Waals surface area contributed by atoms with Crippen molar-refractivity contribution in [2.75, 3.05) is 7.11 Å². The van der Waals surface area contributed by atoms with E-state index in [9.17, 15) is 9.59 Å². The number of ether oxygens (including phenoxy) is 2. The van der Waals surface area contributed by atoms with Crippen molar-refractivity contribution >= 4 is 27.9 Å². The Morgan fingerprint density at radius 2 is 1.53 bits per heavy atom.